The number of carboxylic acids is 1. The topological polar surface area (TPSA) is 79.5 Å². The van der Waals surface area contributed by atoms with Crippen LogP contribution in [-0.4, -0.2) is 22.6 Å². The Morgan fingerprint density at radius 3 is 2.90 bits per heavy atom. The second kappa shape index (κ2) is 4.48. The summed E-state index contributed by atoms with van der Waals surface area (Å²) in [6, 6.07) is 5.97. The van der Waals surface area contributed by atoms with Crippen molar-refractivity contribution in [2.45, 2.75) is 6.42 Å². The minimum absolute atomic E-state index is 0.0323. The first-order valence-corrected chi connectivity index (χ1v) is 6.11. The number of hydrogen-bond donors (Lipinski definition) is 2. The van der Waals surface area contributed by atoms with Crippen molar-refractivity contribution in [1.29, 1.82) is 0 Å². The molecule has 2 aromatic rings. The lowest BCUT2D eigenvalue weighted by Gasteiger charge is -2.20. The molecule has 0 unspecified atom stereocenters. The highest BCUT2D eigenvalue weighted by atomic mass is 19.1. The van der Waals surface area contributed by atoms with E-state index in [-0.39, 0.29) is 17.1 Å². The predicted molar refractivity (Wildman–Crippen MR) is 72.7 cm³/mol. The van der Waals surface area contributed by atoms with E-state index in [1.807, 2.05) is 0 Å². The van der Waals surface area contributed by atoms with Crippen molar-refractivity contribution in [3.05, 3.63) is 47.4 Å². The van der Waals surface area contributed by atoms with E-state index in [4.69, 9.17) is 10.8 Å². The van der Waals surface area contributed by atoms with E-state index in [1.54, 1.807) is 11.0 Å². The molecule has 6 heteroatoms. The van der Waals surface area contributed by atoms with Gasteiger partial charge in [-0.2, -0.15) is 0 Å². The fourth-order valence-electron chi connectivity index (χ4n) is 2.39. The molecule has 20 heavy (non-hydrogen) atoms. The first-order valence-electron chi connectivity index (χ1n) is 6.11. The van der Waals surface area contributed by atoms with Gasteiger partial charge in [-0.25, -0.2) is 14.2 Å². The summed E-state index contributed by atoms with van der Waals surface area (Å²) in [5.41, 5.74) is 7.92. The molecule has 3 rings (SSSR count). The molecule has 0 aliphatic carbocycles. The van der Waals surface area contributed by atoms with Gasteiger partial charge in [-0.05, 0) is 30.2 Å². The van der Waals surface area contributed by atoms with Gasteiger partial charge in [0.1, 0.15) is 5.82 Å². The van der Waals surface area contributed by atoms with Crippen LogP contribution in [0.25, 0.3) is 0 Å². The molecule has 102 valence electrons. The SMILES string of the molecule is Nc1cc(C(=O)O)cnc1N1CCc2ccc(F)cc21. The number of fused-ring (bicyclic) bond motifs is 1. The van der Waals surface area contributed by atoms with Crippen LogP contribution in [-0.2, 0) is 6.42 Å². The molecule has 0 saturated carbocycles. The summed E-state index contributed by atoms with van der Waals surface area (Å²) >= 11 is 0. The molecular weight excluding hydrogens is 261 g/mol. The van der Waals surface area contributed by atoms with Crippen LogP contribution < -0.4 is 10.6 Å². The van der Waals surface area contributed by atoms with Gasteiger partial charge in [-0.3, -0.25) is 0 Å². The second-order valence-corrected chi connectivity index (χ2v) is 4.62. The van der Waals surface area contributed by atoms with Gasteiger partial charge in [0.2, 0.25) is 0 Å². The molecule has 0 fully saturated rings. The highest BCUT2D eigenvalue weighted by Crippen LogP contribution is 2.36. The monoisotopic (exact) mass is 273 g/mol. The van der Waals surface area contributed by atoms with Gasteiger partial charge in [0, 0.05) is 18.4 Å². The second-order valence-electron chi connectivity index (χ2n) is 4.62. The molecule has 0 spiro atoms. The van der Waals surface area contributed by atoms with E-state index < -0.39 is 5.97 Å². The minimum atomic E-state index is -1.08. The van der Waals surface area contributed by atoms with Gasteiger partial charge >= 0.3 is 5.97 Å². The Kier molecular flexibility index (Phi) is 2.78. The van der Waals surface area contributed by atoms with Crippen molar-refractivity contribution in [1.82, 2.24) is 4.98 Å². The quantitative estimate of drug-likeness (QED) is 0.876. The van der Waals surface area contributed by atoms with Crippen LogP contribution >= 0.6 is 0 Å². The van der Waals surface area contributed by atoms with Gasteiger partial charge in [0.05, 0.1) is 11.3 Å². The maximum atomic E-state index is 13.4. The molecule has 1 aromatic heterocycles. The van der Waals surface area contributed by atoms with Crippen LogP contribution in [0.4, 0.5) is 21.6 Å². The van der Waals surface area contributed by atoms with Crippen LogP contribution in [0, 0.1) is 5.82 Å². The number of anilines is 3. The number of carboxylic acid groups (broad SMARTS) is 1. The number of aromatic nitrogens is 1. The van der Waals surface area contributed by atoms with E-state index in [0.29, 0.717) is 12.4 Å². The molecule has 2 heterocycles. The normalized spacial score (nSPS) is 13.3. The molecule has 0 bridgehead atoms. The van der Waals surface area contributed by atoms with Crippen LogP contribution in [0.5, 0.6) is 0 Å². The van der Waals surface area contributed by atoms with Crippen molar-refractivity contribution in [2.75, 3.05) is 17.2 Å². The smallest absolute Gasteiger partial charge is 0.337 e. The molecule has 0 radical (unpaired) electrons. The summed E-state index contributed by atoms with van der Waals surface area (Å²) in [7, 11) is 0. The number of nitrogens with zero attached hydrogens (tertiary/aromatic N) is 2. The van der Waals surface area contributed by atoms with Crippen molar-refractivity contribution < 1.29 is 14.3 Å². The molecule has 5 nitrogen and oxygen atoms in total. The van der Waals surface area contributed by atoms with Crippen molar-refractivity contribution in [3.8, 4) is 0 Å². The summed E-state index contributed by atoms with van der Waals surface area (Å²) in [5, 5.41) is 8.90. The summed E-state index contributed by atoms with van der Waals surface area (Å²) < 4.78 is 13.4. The first kappa shape index (κ1) is 12.4. The third-order valence-electron chi connectivity index (χ3n) is 3.34. The highest BCUT2D eigenvalue weighted by Gasteiger charge is 2.24. The lowest BCUT2D eigenvalue weighted by Crippen LogP contribution is -2.17. The number of aromatic carboxylic acids is 1. The number of halogens is 1. The van der Waals surface area contributed by atoms with Gasteiger partial charge in [0.25, 0.3) is 0 Å². The van der Waals surface area contributed by atoms with Gasteiger partial charge < -0.3 is 15.7 Å². The van der Waals surface area contributed by atoms with Crippen LogP contribution in [0.1, 0.15) is 15.9 Å². The number of benzene rings is 1. The van der Waals surface area contributed by atoms with E-state index in [0.717, 1.165) is 17.7 Å². The predicted octanol–water partition coefficient (Wildman–Crippen LogP) is 2.20. The summed E-state index contributed by atoms with van der Waals surface area (Å²) in [5.74, 6) is -0.945. The van der Waals surface area contributed by atoms with Crippen molar-refractivity contribution >= 4 is 23.2 Å². The maximum Gasteiger partial charge on any atom is 0.337 e. The van der Waals surface area contributed by atoms with E-state index in [1.165, 1.54) is 24.4 Å². The molecule has 0 atom stereocenters. The zero-order chi connectivity index (χ0) is 14.3. The minimum Gasteiger partial charge on any atom is -0.478 e. The molecule has 0 saturated heterocycles. The zero-order valence-corrected chi connectivity index (χ0v) is 10.5. The summed E-state index contributed by atoms with van der Waals surface area (Å²) in [4.78, 5) is 16.8. The van der Waals surface area contributed by atoms with E-state index in [2.05, 4.69) is 4.98 Å². The number of rotatable bonds is 2. The van der Waals surface area contributed by atoms with Crippen LogP contribution in [0.2, 0.25) is 0 Å². The Morgan fingerprint density at radius 1 is 1.40 bits per heavy atom. The average Bonchev–Trinajstić information content (AvgIpc) is 2.81. The summed E-state index contributed by atoms with van der Waals surface area (Å²) in [6.07, 6.45) is 2.03. The molecule has 3 N–H and O–H groups in total. The molecular formula is C14H12FN3O2. The van der Waals surface area contributed by atoms with Crippen molar-refractivity contribution in [2.24, 2.45) is 0 Å². The van der Waals surface area contributed by atoms with Crippen LogP contribution in [0.3, 0.4) is 0 Å². The number of nitrogens with two attached hydrogens (primary N) is 1. The first-order chi connectivity index (χ1) is 9.56. The number of pyridine rings is 1. The Labute approximate surface area is 114 Å². The Bertz CT molecular complexity index is 703. The lowest BCUT2D eigenvalue weighted by molar-refractivity contribution is 0.0696. The van der Waals surface area contributed by atoms with Crippen LogP contribution in [0.15, 0.2) is 30.5 Å². The molecule has 1 aliphatic heterocycles. The number of nitrogen functional groups attached to an aromatic ring is 1. The Balaban J connectivity index is 2.04. The Morgan fingerprint density at radius 2 is 2.20 bits per heavy atom. The standard InChI is InChI=1S/C14H12FN3O2/c15-10-2-1-8-3-4-18(12(8)6-10)13-11(16)5-9(7-17-13)14(19)20/h1-2,5-7H,3-4,16H2,(H,19,20). The largest absolute Gasteiger partial charge is 0.478 e. The van der Waals surface area contributed by atoms with E-state index in [9.17, 15) is 9.18 Å². The highest BCUT2D eigenvalue weighted by molar-refractivity contribution is 5.90. The molecule has 1 aromatic carbocycles. The molecule has 1 aliphatic rings. The Hall–Kier alpha value is -2.63. The third-order valence-corrected chi connectivity index (χ3v) is 3.34. The van der Waals surface area contributed by atoms with Gasteiger partial charge in [-0.15, -0.1) is 0 Å². The number of hydrogen-bond acceptors (Lipinski definition) is 4. The van der Waals surface area contributed by atoms with Crippen molar-refractivity contribution in [3.63, 3.8) is 0 Å². The fraction of sp³-hybridized carbons (Fsp3) is 0.143. The molecule has 0 amide bonds. The maximum absolute atomic E-state index is 13.4. The van der Waals surface area contributed by atoms with Gasteiger partial charge in [0.15, 0.2) is 5.82 Å². The average molecular weight is 273 g/mol. The number of carbonyl (C=O) groups is 1. The van der Waals surface area contributed by atoms with Gasteiger partial charge in [-0.1, -0.05) is 6.07 Å². The van der Waals surface area contributed by atoms with E-state index >= 15 is 0 Å². The zero-order valence-electron chi connectivity index (χ0n) is 10.5. The third kappa shape index (κ3) is 1.95. The summed E-state index contributed by atoms with van der Waals surface area (Å²) in [6.45, 7) is 0.641. The fourth-order valence-corrected chi connectivity index (χ4v) is 2.39. The lowest BCUT2D eigenvalue weighted by atomic mass is 10.1.